The first kappa shape index (κ1) is 13.8. The third kappa shape index (κ3) is 4.21. The molecule has 2 rings (SSSR count). The lowest BCUT2D eigenvalue weighted by Gasteiger charge is -2.15. The summed E-state index contributed by atoms with van der Waals surface area (Å²) in [5, 5.41) is 3.63. The summed E-state index contributed by atoms with van der Waals surface area (Å²) < 4.78 is 5.84. The standard InChI is InChI=1S/C15H23NOS/c1-12(2)17-15-6-4-3-5-13(15)7-9-16-14-8-10-18-11-14/h3-6,12,14,16H,7-11H2,1-2H3/t14-/m1/s1. The highest BCUT2D eigenvalue weighted by atomic mass is 32.2. The fraction of sp³-hybridized carbons (Fsp3) is 0.600. The Morgan fingerprint density at radius 3 is 2.94 bits per heavy atom. The maximum Gasteiger partial charge on any atom is 0.122 e. The van der Waals surface area contributed by atoms with Gasteiger partial charge in [0.1, 0.15) is 5.75 Å². The van der Waals surface area contributed by atoms with E-state index < -0.39 is 0 Å². The summed E-state index contributed by atoms with van der Waals surface area (Å²) in [6.07, 6.45) is 2.60. The van der Waals surface area contributed by atoms with Crippen molar-refractivity contribution in [3.05, 3.63) is 29.8 Å². The summed E-state index contributed by atoms with van der Waals surface area (Å²) in [5.41, 5.74) is 1.31. The highest BCUT2D eigenvalue weighted by Gasteiger charge is 2.14. The van der Waals surface area contributed by atoms with Crippen LogP contribution >= 0.6 is 11.8 Å². The largest absolute Gasteiger partial charge is 0.491 e. The Morgan fingerprint density at radius 2 is 2.22 bits per heavy atom. The molecule has 0 saturated carbocycles. The maximum absolute atomic E-state index is 5.84. The summed E-state index contributed by atoms with van der Waals surface area (Å²) >= 11 is 2.05. The zero-order chi connectivity index (χ0) is 12.8. The molecule has 2 nitrogen and oxygen atoms in total. The molecule has 1 aromatic rings. The van der Waals surface area contributed by atoms with Crippen molar-refractivity contribution in [1.29, 1.82) is 0 Å². The summed E-state index contributed by atoms with van der Waals surface area (Å²) in [4.78, 5) is 0. The minimum atomic E-state index is 0.241. The molecule has 1 heterocycles. The van der Waals surface area contributed by atoms with E-state index in [2.05, 4.69) is 49.1 Å². The number of rotatable bonds is 6. The van der Waals surface area contributed by atoms with Gasteiger partial charge in [-0.1, -0.05) is 18.2 Å². The van der Waals surface area contributed by atoms with Gasteiger partial charge in [0.25, 0.3) is 0 Å². The monoisotopic (exact) mass is 265 g/mol. The van der Waals surface area contributed by atoms with E-state index in [9.17, 15) is 0 Å². The first-order chi connectivity index (χ1) is 8.75. The summed E-state index contributed by atoms with van der Waals surface area (Å²) in [7, 11) is 0. The van der Waals surface area contributed by atoms with E-state index in [0.717, 1.165) is 18.7 Å². The molecule has 18 heavy (non-hydrogen) atoms. The predicted octanol–water partition coefficient (Wildman–Crippen LogP) is 3.11. The summed E-state index contributed by atoms with van der Waals surface area (Å²) in [6, 6.07) is 9.09. The molecule has 0 aliphatic carbocycles. The summed E-state index contributed by atoms with van der Waals surface area (Å²) in [6.45, 7) is 5.19. The fourth-order valence-corrected chi connectivity index (χ4v) is 3.37. The zero-order valence-corrected chi connectivity index (χ0v) is 12.1. The van der Waals surface area contributed by atoms with Crippen molar-refractivity contribution in [1.82, 2.24) is 5.32 Å². The molecule has 0 amide bonds. The molecule has 0 aromatic heterocycles. The smallest absolute Gasteiger partial charge is 0.122 e. The van der Waals surface area contributed by atoms with Gasteiger partial charge >= 0.3 is 0 Å². The molecule has 100 valence electrons. The second-order valence-electron chi connectivity index (χ2n) is 5.04. The van der Waals surface area contributed by atoms with E-state index >= 15 is 0 Å². The number of para-hydroxylation sites is 1. The molecule has 0 radical (unpaired) electrons. The second kappa shape index (κ2) is 7.05. The van der Waals surface area contributed by atoms with Crippen molar-refractivity contribution in [2.24, 2.45) is 0 Å². The van der Waals surface area contributed by atoms with Crippen LogP contribution in [0.15, 0.2) is 24.3 Å². The Labute approximate surface area is 114 Å². The van der Waals surface area contributed by atoms with Crippen LogP contribution in [0.2, 0.25) is 0 Å². The number of nitrogens with one attached hydrogen (secondary N) is 1. The third-order valence-electron chi connectivity index (χ3n) is 3.09. The van der Waals surface area contributed by atoms with Crippen LogP contribution in [-0.4, -0.2) is 30.2 Å². The molecule has 3 heteroatoms. The molecule has 0 unspecified atom stereocenters. The normalized spacial score (nSPS) is 19.4. The van der Waals surface area contributed by atoms with Crippen molar-refractivity contribution in [3.63, 3.8) is 0 Å². The van der Waals surface area contributed by atoms with Crippen molar-refractivity contribution in [2.75, 3.05) is 18.1 Å². The Bertz CT molecular complexity index is 361. The van der Waals surface area contributed by atoms with Gasteiger partial charge in [0, 0.05) is 11.8 Å². The first-order valence-electron chi connectivity index (χ1n) is 6.81. The summed E-state index contributed by atoms with van der Waals surface area (Å²) in [5.74, 6) is 3.62. The van der Waals surface area contributed by atoms with E-state index in [1.807, 2.05) is 6.07 Å². The van der Waals surface area contributed by atoms with E-state index in [1.54, 1.807) is 0 Å². The maximum atomic E-state index is 5.84. The Morgan fingerprint density at radius 1 is 1.39 bits per heavy atom. The number of benzene rings is 1. The first-order valence-corrected chi connectivity index (χ1v) is 7.97. The van der Waals surface area contributed by atoms with Gasteiger partial charge in [0.2, 0.25) is 0 Å². The zero-order valence-electron chi connectivity index (χ0n) is 11.3. The topological polar surface area (TPSA) is 21.3 Å². The molecule has 0 spiro atoms. The minimum absolute atomic E-state index is 0.241. The van der Waals surface area contributed by atoms with Crippen LogP contribution in [-0.2, 0) is 6.42 Å². The van der Waals surface area contributed by atoms with Crippen LogP contribution in [0.5, 0.6) is 5.75 Å². The molecular formula is C15H23NOS. The lowest BCUT2D eigenvalue weighted by Crippen LogP contribution is -2.30. The second-order valence-corrected chi connectivity index (χ2v) is 6.19. The lowest BCUT2D eigenvalue weighted by molar-refractivity contribution is 0.240. The van der Waals surface area contributed by atoms with Crippen molar-refractivity contribution >= 4 is 11.8 Å². The van der Waals surface area contributed by atoms with Crippen LogP contribution < -0.4 is 10.1 Å². The Hall–Kier alpha value is -0.670. The van der Waals surface area contributed by atoms with Crippen LogP contribution in [0, 0.1) is 0 Å². The van der Waals surface area contributed by atoms with Gasteiger partial charge in [-0.2, -0.15) is 11.8 Å². The minimum Gasteiger partial charge on any atom is -0.491 e. The van der Waals surface area contributed by atoms with Gasteiger partial charge in [0.05, 0.1) is 6.10 Å². The molecule has 1 aromatic carbocycles. The molecule has 0 bridgehead atoms. The van der Waals surface area contributed by atoms with E-state index in [4.69, 9.17) is 4.74 Å². The van der Waals surface area contributed by atoms with Gasteiger partial charge in [-0.25, -0.2) is 0 Å². The Kier molecular flexibility index (Phi) is 5.39. The van der Waals surface area contributed by atoms with Gasteiger partial charge in [0.15, 0.2) is 0 Å². The van der Waals surface area contributed by atoms with Gasteiger partial charge in [-0.3, -0.25) is 0 Å². The van der Waals surface area contributed by atoms with Crippen LogP contribution in [0.3, 0.4) is 0 Å². The van der Waals surface area contributed by atoms with Crippen LogP contribution in [0.1, 0.15) is 25.8 Å². The lowest BCUT2D eigenvalue weighted by atomic mass is 10.1. The average Bonchev–Trinajstić information content (AvgIpc) is 2.84. The van der Waals surface area contributed by atoms with Gasteiger partial charge < -0.3 is 10.1 Å². The number of thioether (sulfide) groups is 1. The predicted molar refractivity (Wildman–Crippen MR) is 79.6 cm³/mol. The van der Waals surface area contributed by atoms with E-state index in [0.29, 0.717) is 6.04 Å². The molecule has 1 saturated heterocycles. The Balaban J connectivity index is 1.83. The SMILES string of the molecule is CC(C)Oc1ccccc1CCN[C@@H]1CCSC1. The van der Waals surface area contributed by atoms with Crippen molar-refractivity contribution in [3.8, 4) is 5.75 Å². The molecule has 1 N–H and O–H groups in total. The van der Waals surface area contributed by atoms with E-state index in [1.165, 1.54) is 23.5 Å². The van der Waals surface area contributed by atoms with E-state index in [-0.39, 0.29) is 6.10 Å². The van der Waals surface area contributed by atoms with Crippen molar-refractivity contribution < 1.29 is 4.74 Å². The number of hydrogen-bond donors (Lipinski definition) is 1. The molecule has 1 fully saturated rings. The fourth-order valence-electron chi connectivity index (χ4n) is 2.19. The molecule has 1 aliphatic heterocycles. The number of hydrogen-bond acceptors (Lipinski definition) is 3. The van der Waals surface area contributed by atoms with Gasteiger partial charge in [-0.15, -0.1) is 0 Å². The quantitative estimate of drug-likeness (QED) is 0.854. The third-order valence-corrected chi connectivity index (χ3v) is 4.25. The van der Waals surface area contributed by atoms with Crippen LogP contribution in [0.25, 0.3) is 0 Å². The van der Waals surface area contributed by atoms with Crippen LogP contribution in [0.4, 0.5) is 0 Å². The molecular weight excluding hydrogens is 242 g/mol. The number of ether oxygens (including phenoxy) is 1. The average molecular weight is 265 g/mol. The molecule has 1 atom stereocenters. The highest BCUT2D eigenvalue weighted by molar-refractivity contribution is 7.99. The highest BCUT2D eigenvalue weighted by Crippen LogP contribution is 2.20. The molecule has 1 aliphatic rings. The van der Waals surface area contributed by atoms with Crippen molar-refractivity contribution in [2.45, 2.75) is 38.8 Å². The van der Waals surface area contributed by atoms with Gasteiger partial charge in [-0.05, 0) is 50.6 Å².